The minimum Gasteiger partial charge on any atom is -0.480 e. The number of ether oxygens (including phenoxy) is 1. The van der Waals surface area contributed by atoms with Crippen molar-refractivity contribution in [2.24, 2.45) is 5.92 Å². The summed E-state index contributed by atoms with van der Waals surface area (Å²) >= 11 is 0. The van der Waals surface area contributed by atoms with E-state index in [0.29, 0.717) is 0 Å². The van der Waals surface area contributed by atoms with Crippen molar-refractivity contribution in [3.63, 3.8) is 0 Å². The van der Waals surface area contributed by atoms with Crippen LogP contribution in [0.5, 0.6) is 5.75 Å². The van der Waals surface area contributed by atoms with Gasteiger partial charge in [0.15, 0.2) is 6.10 Å². The third-order valence-corrected chi connectivity index (χ3v) is 3.63. The fourth-order valence-electron chi connectivity index (χ4n) is 2.36. The van der Waals surface area contributed by atoms with Crippen LogP contribution in [-0.2, 0) is 4.79 Å². The first-order valence-corrected chi connectivity index (χ1v) is 7.31. The van der Waals surface area contributed by atoms with E-state index in [-0.39, 0.29) is 11.8 Å². The molecule has 1 aromatic carbocycles. The zero-order valence-electron chi connectivity index (χ0n) is 12.6. The van der Waals surface area contributed by atoms with Crippen LogP contribution in [0.3, 0.4) is 0 Å². The van der Waals surface area contributed by atoms with E-state index in [1.54, 1.807) is 0 Å². The molecule has 1 fully saturated rings. The zero-order chi connectivity index (χ0) is 14.5. The number of para-hydroxylation sites is 1. The summed E-state index contributed by atoms with van der Waals surface area (Å²) in [7, 11) is 0. The second kappa shape index (κ2) is 6.75. The molecule has 0 saturated carbocycles. The molecule has 1 aliphatic heterocycles. The second-order valence-electron chi connectivity index (χ2n) is 5.62. The molecule has 20 heavy (non-hydrogen) atoms. The smallest absolute Gasteiger partial charge is 0.264 e. The van der Waals surface area contributed by atoms with Crippen molar-refractivity contribution in [1.82, 2.24) is 10.2 Å². The molecule has 0 radical (unpaired) electrons. The van der Waals surface area contributed by atoms with Crippen molar-refractivity contribution >= 4 is 5.91 Å². The van der Waals surface area contributed by atoms with E-state index in [0.717, 1.165) is 37.5 Å². The first-order valence-electron chi connectivity index (χ1n) is 7.31. The fourth-order valence-corrected chi connectivity index (χ4v) is 2.36. The largest absolute Gasteiger partial charge is 0.480 e. The van der Waals surface area contributed by atoms with Crippen LogP contribution in [0.2, 0.25) is 0 Å². The van der Waals surface area contributed by atoms with Gasteiger partial charge in [-0.25, -0.2) is 0 Å². The lowest BCUT2D eigenvalue weighted by atomic mass is 10.1. The van der Waals surface area contributed by atoms with Gasteiger partial charge in [-0.2, -0.15) is 0 Å². The molecule has 1 heterocycles. The van der Waals surface area contributed by atoms with Crippen LogP contribution < -0.4 is 10.1 Å². The van der Waals surface area contributed by atoms with Gasteiger partial charge in [0.2, 0.25) is 0 Å². The van der Waals surface area contributed by atoms with Gasteiger partial charge in [-0.1, -0.05) is 32.0 Å². The van der Waals surface area contributed by atoms with E-state index in [1.165, 1.54) is 0 Å². The van der Waals surface area contributed by atoms with Gasteiger partial charge in [0.25, 0.3) is 5.91 Å². The summed E-state index contributed by atoms with van der Waals surface area (Å²) in [6.07, 6.45) is -0.408. The van der Waals surface area contributed by atoms with Gasteiger partial charge < -0.3 is 15.0 Å². The molecule has 110 valence electrons. The first-order chi connectivity index (χ1) is 9.59. The minimum atomic E-state index is -0.408. The number of carbonyl (C=O) groups excluding carboxylic acids is 1. The van der Waals surface area contributed by atoms with Crippen LogP contribution in [0.25, 0.3) is 0 Å². The Hall–Kier alpha value is -1.55. The summed E-state index contributed by atoms with van der Waals surface area (Å²) in [6.45, 7) is 9.31. The first kappa shape index (κ1) is 14.9. The van der Waals surface area contributed by atoms with Crippen molar-refractivity contribution in [3.8, 4) is 5.75 Å². The van der Waals surface area contributed by atoms with Gasteiger partial charge in [0, 0.05) is 26.2 Å². The number of amides is 1. The average molecular weight is 276 g/mol. The number of aryl methyl sites for hydroxylation is 1. The fraction of sp³-hybridized carbons (Fsp3) is 0.562. The second-order valence-corrected chi connectivity index (χ2v) is 5.62. The van der Waals surface area contributed by atoms with Crippen molar-refractivity contribution in [2.75, 3.05) is 26.2 Å². The van der Waals surface area contributed by atoms with Crippen LogP contribution in [0.15, 0.2) is 24.3 Å². The molecule has 1 amide bonds. The number of rotatable bonds is 4. The number of benzene rings is 1. The maximum atomic E-state index is 12.6. The van der Waals surface area contributed by atoms with E-state index in [4.69, 9.17) is 4.74 Å². The zero-order valence-corrected chi connectivity index (χ0v) is 12.6. The minimum absolute atomic E-state index is 0.102. The topological polar surface area (TPSA) is 41.6 Å². The molecule has 1 N–H and O–H groups in total. The summed E-state index contributed by atoms with van der Waals surface area (Å²) in [4.78, 5) is 14.5. The summed E-state index contributed by atoms with van der Waals surface area (Å²) < 4.78 is 6.01. The van der Waals surface area contributed by atoms with Gasteiger partial charge in [-0.3, -0.25) is 4.79 Å². The number of carbonyl (C=O) groups is 1. The Kier molecular flexibility index (Phi) is 5.01. The highest BCUT2D eigenvalue weighted by Crippen LogP contribution is 2.21. The number of piperazine rings is 1. The highest BCUT2D eigenvalue weighted by Gasteiger charge is 2.29. The molecule has 1 atom stereocenters. The van der Waals surface area contributed by atoms with E-state index in [9.17, 15) is 4.79 Å². The Morgan fingerprint density at radius 3 is 2.50 bits per heavy atom. The van der Waals surface area contributed by atoms with Crippen LogP contribution in [0.1, 0.15) is 19.4 Å². The highest BCUT2D eigenvalue weighted by atomic mass is 16.5. The van der Waals surface area contributed by atoms with Gasteiger partial charge >= 0.3 is 0 Å². The number of hydrogen-bond acceptors (Lipinski definition) is 3. The van der Waals surface area contributed by atoms with Gasteiger partial charge in [0.05, 0.1) is 0 Å². The quantitative estimate of drug-likeness (QED) is 0.912. The number of nitrogens with zero attached hydrogens (tertiary/aromatic N) is 1. The third kappa shape index (κ3) is 3.51. The number of hydrogen-bond donors (Lipinski definition) is 1. The molecule has 1 unspecified atom stereocenters. The van der Waals surface area contributed by atoms with Crippen LogP contribution >= 0.6 is 0 Å². The summed E-state index contributed by atoms with van der Waals surface area (Å²) in [5.74, 6) is 1.05. The molecular formula is C16H24N2O2. The van der Waals surface area contributed by atoms with Crippen LogP contribution in [0, 0.1) is 12.8 Å². The third-order valence-electron chi connectivity index (χ3n) is 3.63. The molecule has 0 bridgehead atoms. The van der Waals surface area contributed by atoms with Gasteiger partial charge in [-0.05, 0) is 24.5 Å². The van der Waals surface area contributed by atoms with Crippen molar-refractivity contribution < 1.29 is 9.53 Å². The standard InChI is InChI=1S/C16H24N2O2/c1-12(2)15(16(19)18-10-8-17-9-11-18)20-14-7-5-4-6-13(14)3/h4-7,12,15,17H,8-11H2,1-3H3. The Bertz CT molecular complexity index is 454. The predicted molar refractivity (Wildman–Crippen MR) is 79.9 cm³/mol. The average Bonchev–Trinajstić information content (AvgIpc) is 2.46. The van der Waals surface area contributed by atoms with Crippen molar-refractivity contribution in [3.05, 3.63) is 29.8 Å². The van der Waals surface area contributed by atoms with Crippen molar-refractivity contribution in [2.45, 2.75) is 26.9 Å². The maximum absolute atomic E-state index is 12.6. The Labute approximate surface area is 121 Å². The summed E-state index contributed by atoms with van der Waals surface area (Å²) in [6, 6.07) is 7.84. The SMILES string of the molecule is Cc1ccccc1OC(C(=O)N1CCNCC1)C(C)C. The molecule has 1 saturated heterocycles. The molecule has 0 spiro atoms. The van der Waals surface area contributed by atoms with E-state index < -0.39 is 6.10 Å². The van der Waals surface area contributed by atoms with Gasteiger partial charge in [0.1, 0.15) is 5.75 Å². The lowest BCUT2D eigenvalue weighted by Crippen LogP contribution is -2.52. The maximum Gasteiger partial charge on any atom is 0.264 e. The Balaban J connectivity index is 2.10. The van der Waals surface area contributed by atoms with Crippen molar-refractivity contribution in [1.29, 1.82) is 0 Å². The molecule has 4 heteroatoms. The van der Waals surface area contributed by atoms with E-state index >= 15 is 0 Å². The normalized spacial score (nSPS) is 17.1. The van der Waals surface area contributed by atoms with Gasteiger partial charge in [-0.15, -0.1) is 0 Å². The summed E-state index contributed by atoms with van der Waals surface area (Å²) in [5.41, 5.74) is 1.06. The Morgan fingerprint density at radius 1 is 1.25 bits per heavy atom. The molecule has 1 aliphatic rings. The molecule has 1 aromatic rings. The summed E-state index contributed by atoms with van der Waals surface area (Å²) in [5, 5.41) is 3.26. The highest BCUT2D eigenvalue weighted by molar-refractivity contribution is 5.81. The lowest BCUT2D eigenvalue weighted by molar-refractivity contribution is -0.141. The predicted octanol–water partition coefficient (Wildman–Crippen LogP) is 1.83. The number of nitrogens with one attached hydrogen (secondary N) is 1. The lowest BCUT2D eigenvalue weighted by Gasteiger charge is -2.32. The van der Waals surface area contributed by atoms with Crippen LogP contribution in [-0.4, -0.2) is 43.1 Å². The van der Waals surface area contributed by atoms with E-state index in [2.05, 4.69) is 5.32 Å². The van der Waals surface area contributed by atoms with Crippen LogP contribution in [0.4, 0.5) is 0 Å². The van der Waals surface area contributed by atoms with E-state index in [1.807, 2.05) is 49.9 Å². The molecule has 4 nitrogen and oxygen atoms in total. The molecule has 0 aliphatic carbocycles. The molecular weight excluding hydrogens is 252 g/mol. The Morgan fingerprint density at radius 2 is 1.90 bits per heavy atom. The monoisotopic (exact) mass is 276 g/mol. The molecule has 0 aromatic heterocycles. The molecule has 2 rings (SSSR count).